The van der Waals surface area contributed by atoms with Gasteiger partial charge in [-0.1, -0.05) is 45.9 Å². The number of carbonyl (C=O) groups is 3. The van der Waals surface area contributed by atoms with Gasteiger partial charge >= 0.3 is 23.5 Å². The molecule has 0 aromatic carbocycles. The minimum atomic E-state index is -5.58. The van der Waals surface area contributed by atoms with Crippen molar-refractivity contribution in [2.45, 2.75) is 83.7 Å². The summed E-state index contributed by atoms with van der Waals surface area (Å²) in [6.45, 7) is 3.88. The Morgan fingerprint density at radius 3 is 2.37 bits per heavy atom. The SMILES string of the molecule is CCCC(O)C(C)C(=O)SCCNC(=O)CCNC(=O)[C@H](O)C(C)(C)COP(=O)(O)OP(=O)(O)OC[C@H]1O[C@@H](n2cnc3c(N)ncnc32)[C@H](O)[C@@H]1OP(=O)(O)O. The number of amides is 2. The number of thioether (sulfide) groups is 1. The predicted octanol–water partition coefficient (Wildman–Crippen LogP) is -0.538. The standard InChI is InChI=1S/C28H48N7O18P3S/c1-5-6-16(36)15(2)27(41)57-10-9-30-18(37)7-8-31-25(40)22(39)28(3,4)12-50-56(47,48)53-55(45,46)49-11-17-21(52-54(42,43)44)20(38)26(51-17)35-14-34-19-23(29)32-13-33-24(19)35/h13-17,20-22,26,36,38-39H,5-12H2,1-4H3,(H,30,37)(H,31,40)(H,45,46)(H,47,48)(H2,29,32,33)(H2,42,43,44)/t15?,16?,17-,20-,21-,22+,26-/m1/s1. The largest absolute Gasteiger partial charge is 0.481 e. The average Bonchev–Trinajstić information content (AvgIpc) is 3.67. The molecule has 4 unspecified atom stereocenters. The maximum atomic E-state index is 12.7. The maximum Gasteiger partial charge on any atom is 0.481 e. The number of ether oxygens (including phenoxy) is 1. The number of nitrogens with two attached hydrogens (primary N) is 1. The molecule has 25 nitrogen and oxygen atoms in total. The molecule has 0 radical (unpaired) electrons. The lowest BCUT2D eigenvalue weighted by Crippen LogP contribution is -2.46. The van der Waals surface area contributed by atoms with Gasteiger partial charge in [-0.05, 0) is 6.42 Å². The lowest BCUT2D eigenvalue weighted by Gasteiger charge is -2.30. The van der Waals surface area contributed by atoms with Gasteiger partial charge in [-0.3, -0.25) is 32.5 Å². The van der Waals surface area contributed by atoms with Gasteiger partial charge in [-0.15, -0.1) is 0 Å². The number of anilines is 1. The topological polar surface area (TPSA) is 384 Å². The number of fused-ring (bicyclic) bond motifs is 1. The van der Waals surface area contributed by atoms with E-state index in [0.717, 1.165) is 35.4 Å². The van der Waals surface area contributed by atoms with Crippen molar-refractivity contribution in [3.8, 4) is 0 Å². The Morgan fingerprint density at radius 1 is 1.05 bits per heavy atom. The van der Waals surface area contributed by atoms with Crippen molar-refractivity contribution in [1.82, 2.24) is 30.2 Å². The molecule has 3 rings (SSSR count). The van der Waals surface area contributed by atoms with Crippen LogP contribution in [0.4, 0.5) is 5.82 Å². The molecule has 1 saturated heterocycles. The minimum Gasteiger partial charge on any atom is -0.392 e. The summed E-state index contributed by atoms with van der Waals surface area (Å²) in [4.78, 5) is 87.8. The molecule has 2 aromatic heterocycles. The number of nitrogens with one attached hydrogen (secondary N) is 2. The Morgan fingerprint density at radius 2 is 1.72 bits per heavy atom. The Hall–Kier alpha value is -2.48. The number of aromatic nitrogens is 4. The fourth-order valence-electron chi connectivity index (χ4n) is 5.12. The molecule has 57 heavy (non-hydrogen) atoms. The number of hydrogen-bond donors (Lipinski definition) is 10. The predicted molar refractivity (Wildman–Crippen MR) is 197 cm³/mol. The first-order valence-corrected chi connectivity index (χ1v) is 22.6. The average molecular weight is 896 g/mol. The summed E-state index contributed by atoms with van der Waals surface area (Å²) in [6, 6.07) is 0. The second kappa shape index (κ2) is 20.7. The molecule has 3 heterocycles. The second-order valence-corrected chi connectivity index (χ2v) is 18.7. The number of nitrogen functional groups attached to an aromatic ring is 1. The maximum absolute atomic E-state index is 12.7. The first-order valence-electron chi connectivity index (χ1n) is 17.1. The van der Waals surface area contributed by atoms with E-state index in [4.69, 9.17) is 19.5 Å². The first-order chi connectivity index (χ1) is 26.4. The van der Waals surface area contributed by atoms with E-state index in [1.165, 1.54) is 13.8 Å². The number of carbonyl (C=O) groups excluding carboxylic acids is 3. The summed E-state index contributed by atoms with van der Waals surface area (Å²) in [5, 5.41) is 36.1. The molecular weight excluding hydrogens is 847 g/mol. The van der Waals surface area contributed by atoms with Gasteiger partial charge in [0, 0.05) is 30.7 Å². The fraction of sp³-hybridized carbons (Fsp3) is 0.714. The van der Waals surface area contributed by atoms with Crippen molar-refractivity contribution in [3.63, 3.8) is 0 Å². The number of nitrogens with zero attached hydrogens (tertiary/aromatic N) is 4. The third kappa shape index (κ3) is 14.6. The van der Waals surface area contributed by atoms with E-state index >= 15 is 0 Å². The van der Waals surface area contributed by atoms with Gasteiger partial charge in [0.25, 0.3) is 0 Å². The van der Waals surface area contributed by atoms with Crippen LogP contribution in [0, 0.1) is 11.3 Å². The van der Waals surface area contributed by atoms with Gasteiger partial charge in [0.15, 0.2) is 22.8 Å². The van der Waals surface area contributed by atoms with Gasteiger partial charge in [-0.2, -0.15) is 4.31 Å². The monoisotopic (exact) mass is 895 g/mol. The molecule has 29 heteroatoms. The van der Waals surface area contributed by atoms with Crippen molar-refractivity contribution < 1.29 is 85.6 Å². The van der Waals surface area contributed by atoms with Crippen molar-refractivity contribution >= 4 is 69.1 Å². The zero-order valence-corrected chi connectivity index (χ0v) is 34.6. The van der Waals surface area contributed by atoms with Crippen LogP contribution in [-0.2, 0) is 50.7 Å². The van der Waals surface area contributed by atoms with Gasteiger partial charge < -0.3 is 56.0 Å². The summed E-state index contributed by atoms with van der Waals surface area (Å²) >= 11 is 0.973. The van der Waals surface area contributed by atoms with E-state index in [0.29, 0.717) is 6.42 Å². The normalized spacial score (nSPS) is 22.6. The highest BCUT2D eigenvalue weighted by atomic mass is 32.2. The molecule has 2 aromatic rings. The zero-order chi connectivity index (χ0) is 42.9. The molecule has 0 spiro atoms. The van der Waals surface area contributed by atoms with Crippen molar-refractivity contribution in [2.24, 2.45) is 11.3 Å². The van der Waals surface area contributed by atoms with E-state index in [-0.39, 0.29) is 47.4 Å². The summed E-state index contributed by atoms with van der Waals surface area (Å²) in [6.07, 6.45) is -6.52. The molecule has 11 N–H and O–H groups in total. The van der Waals surface area contributed by atoms with Crippen LogP contribution in [0.1, 0.15) is 53.2 Å². The van der Waals surface area contributed by atoms with Crippen LogP contribution in [0.15, 0.2) is 12.7 Å². The smallest absolute Gasteiger partial charge is 0.392 e. The van der Waals surface area contributed by atoms with E-state index in [2.05, 4.69) is 34.4 Å². The molecule has 9 atom stereocenters. The van der Waals surface area contributed by atoms with E-state index in [1.54, 1.807) is 6.92 Å². The van der Waals surface area contributed by atoms with Crippen molar-refractivity contribution in [3.05, 3.63) is 12.7 Å². The summed E-state index contributed by atoms with van der Waals surface area (Å²) in [5.41, 5.74) is 4.24. The zero-order valence-electron chi connectivity index (χ0n) is 31.1. The van der Waals surface area contributed by atoms with Gasteiger partial charge in [0.1, 0.15) is 36.3 Å². The Bertz CT molecular complexity index is 1850. The summed E-state index contributed by atoms with van der Waals surface area (Å²) in [5.74, 6) is -1.81. The molecule has 1 fully saturated rings. The van der Waals surface area contributed by atoms with Crippen LogP contribution < -0.4 is 16.4 Å². The number of phosphoric acid groups is 3. The van der Waals surface area contributed by atoms with E-state index in [9.17, 15) is 63.0 Å². The van der Waals surface area contributed by atoms with Crippen LogP contribution in [0.3, 0.4) is 0 Å². The number of rotatable bonds is 23. The molecule has 1 aliphatic heterocycles. The summed E-state index contributed by atoms with van der Waals surface area (Å²) in [7, 11) is -16.4. The van der Waals surface area contributed by atoms with Crippen LogP contribution in [0.5, 0.6) is 0 Å². The van der Waals surface area contributed by atoms with Crippen LogP contribution in [0.2, 0.25) is 0 Å². The molecule has 0 saturated carbocycles. The summed E-state index contributed by atoms with van der Waals surface area (Å²) < 4.78 is 62.1. The van der Waals surface area contributed by atoms with E-state index in [1.807, 2.05) is 6.92 Å². The number of hydrogen-bond acceptors (Lipinski definition) is 19. The highest BCUT2D eigenvalue weighted by molar-refractivity contribution is 8.13. The van der Waals surface area contributed by atoms with Crippen LogP contribution in [0.25, 0.3) is 11.2 Å². The molecule has 0 aliphatic carbocycles. The molecule has 2 amide bonds. The lowest BCUT2D eigenvalue weighted by atomic mass is 9.87. The van der Waals surface area contributed by atoms with Gasteiger partial charge in [0.2, 0.25) is 11.8 Å². The van der Waals surface area contributed by atoms with Crippen molar-refractivity contribution in [1.29, 1.82) is 0 Å². The number of aliphatic hydroxyl groups excluding tert-OH is 3. The highest BCUT2D eigenvalue weighted by Crippen LogP contribution is 2.61. The van der Waals surface area contributed by atoms with E-state index < -0.39 is 96.6 Å². The number of phosphoric ester groups is 3. The van der Waals surface area contributed by atoms with Crippen LogP contribution in [-0.4, -0.2) is 134 Å². The Balaban J connectivity index is 1.48. The third-order valence-electron chi connectivity index (χ3n) is 8.28. The molecular formula is C28H48N7O18P3S. The Kier molecular flexibility index (Phi) is 17.7. The molecule has 1 aliphatic rings. The Labute approximate surface area is 329 Å². The lowest BCUT2D eigenvalue weighted by molar-refractivity contribution is -0.137. The van der Waals surface area contributed by atoms with Crippen molar-refractivity contribution in [2.75, 3.05) is 37.8 Å². The quantitative estimate of drug-likeness (QED) is 0.0495. The molecule has 0 bridgehead atoms. The third-order valence-corrected chi connectivity index (χ3v) is 12.4. The minimum absolute atomic E-state index is 0.0261. The number of aliphatic hydroxyl groups is 3. The number of imidazole rings is 1. The van der Waals surface area contributed by atoms with Crippen LogP contribution >= 0.6 is 35.2 Å². The van der Waals surface area contributed by atoms with Gasteiger partial charge in [-0.25, -0.2) is 28.6 Å². The highest BCUT2D eigenvalue weighted by Gasteiger charge is 2.50. The molecule has 324 valence electrons. The first kappa shape index (κ1) is 48.9. The van der Waals surface area contributed by atoms with Gasteiger partial charge in [0.05, 0.1) is 31.6 Å². The second-order valence-electron chi connectivity index (χ2n) is 13.4. The fourth-order valence-corrected chi connectivity index (χ4v) is 8.77.